The molecular formula is C27H46N4. The van der Waals surface area contributed by atoms with Crippen LogP contribution in [0.25, 0.3) is 0 Å². The molecule has 31 heavy (non-hydrogen) atoms. The molecule has 1 heterocycles. The molecule has 4 heteroatoms. The molecule has 0 spiro atoms. The normalized spacial score (nSPS) is 20.1. The second kappa shape index (κ2) is 15.8. The van der Waals surface area contributed by atoms with Crippen LogP contribution in [0.4, 0.5) is 0 Å². The fourth-order valence-electron chi connectivity index (χ4n) is 3.92. The molecule has 1 fully saturated rings. The minimum atomic E-state index is 0.516. The summed E-state index contributed by atoms with van der Waals surface area (Å²) in [6, 6.07) is 0. The van der Waals surface area contributed by atoms with Crippen molar-refractivity contribution in [1.82, 2.24) is 10.2 Å². The lowest BCUT2D eigenvalue weighted by atomic mass is 9.95. The zero-order valence-corrected chi connectivity index (χ0v) is 20.8. The number of nitrogens with zero attached hydrogens (tertiary/aromatic N) is 3. The van der Waals surface area contributed by atoms with Crippen LogP contribution in [0.2, 0.25) is 0 Å². The second-order valence-electron chi connectivity index (χ2n) is 8.90. The van der Waals surface area contributed by atoms with Crippen molar-refractivity contribution in [2.45, 2.75) is 73.1 Å². The summed E-state index contributed by atoms with van der Waals surface area (Å²) in [6.45, 7) is 23.1. The number of rotatable bonds is 12. The molecule has 174 valence electrons. The van der Waals surface area contributed by atoms with E-state index in [0.717, 1.165) is 57.1 Å². The summed E-state index contributed by atoms with van der Waals surface area (Å²) in [5, 5.41) is 3.56. The molecule has 0 aliphatic carbocycles. The molecule has 1 N–H and O–H groups in total. The predicted molar refractivity (Wildman–Crippen MR) is 139 cm³/mol. The van der Waals surface area contributed by atoms with Crippen LogP contribution in [0.15, 0.2) is 57.8 Å². The monoisotopic (exact) mass is 426 g/mol. The first-order valence-electron chi connectivity index (χ1n) is 12.1. The number of amidine groups is 1. The van der Waals surface area contributed by atoms with Gasteiger partial charge >= 0.3 is 0 Å². The Morgan fingerprint density at radius 3 is 2.71 bits per heavy atom. The van der Waals surface area contributed by atoms with E-state index in [1.54, 1.807) is 0 Å². The molecule has 4 nitrogen and oxygen atoms in total. The smallest absolute Gasteiger partial charge is 0.134 e. The highest BCUT2D eigenvalue weighted by atomic mass is 15.2. The van der Waals surface area contributed by atoms with Crippen LogP contribution in [0.5, 0.6) is 0 Å². The van der Waals surface area contributed by atoms with Crippen molar-refractivity contribution in [3.05, 3.63) is 47.9 Å². The molecule has 0 aromatic rings. The van der Waals surface area contributed by atoms with Gasteiger partial charge in [-0.1, -0.05) is 58.4 Å². The summed E-state index contributed by atoms with van der Waals surface area (Å²) in [6.07, 6.45) is 14.4. The molecule has 0 amide bonds. The maximum absolute atomic E-state index is 5.21. The number of allylic oxidation sites excluding steroid dienone is 4. The average Bonchev–Trinajstić information content (AvgIpc) is 2.96. The summed E-state index contributed by atoms with van der Waals surface area (Å²) in [5.41, 5.74) is 2.67. The Bertz CT molecular complexity index is 667. The topological polar surface area (TPSA) is 40.0 Å². The van der Waals surface area contributed by atoms with Gasteiger partial charge in [-0.05, 0) is 75.4 Å². The molecule has 1 aliphatic heterocycles. The largest absolute Gasteiger partial charge is 0.356 e. The van der Waals surface area contributed by atoms with Gasteiger partial charge in [-0.25, -0.2) is 9.98 Å². The van der Waals surface area contributed by atoms with E-state index in [9.17, 15) is 0 Å². The average molecular weight is 427 g/mol. The summed E-state index contributed by atoms with van der Waals surface area (Å²) in [4.78, 5) is 12.1. The molecule has 1 saturated heterocycles. The molecule has 0 saturated carbocycles. The Hall–Kier alpha value is -1.94. The van der Waals surface area contributed by atoms with Crippen LogP contribution in [0.1, 0.15) is 73.1 Å². The standard InChI is InChI=1S/C27H46N4/c1-8-11-14-24(13-10-3)20-26(28-7)30-27(25-16-18-29-17-15-23(25)6)31(19-12-9-2)21-22(4)5/h8,10,13-14,22-23,29H,1,7,9,11-12,15-21H2,2-6H3/b13-10-,24-14?,27-25+,30-26-. The predicted octanol–water partition coefficient (Wildman–Crippen LogP) is 6.54. The maximum Gasteiger partial charge on any atom is 0.134 e. The minimum absolute atomic E-state index is 0.516. The summed E-state index contributed by atoms with van der Waals surface area (Å²) in [7, 11) is 0. The fourth-order valence-corrected chi connectivity index (χ4v) is 3.92. The molecule has 1 aliphatic rings. The first-order valence-corrected chi connectivity index (χ1v) is 12.1. The molecule has 0 radical (unpaired) electrons. The van der Waals surface area contributed by atoms with Gasteiger partial charge in [0.15, 0.2) is 0 Å². The van der Waals surface area contributed by atoms with Gasteiger partial charge in [-0.2, -0.15) is 0 Å². The summed E-state index contributed by atoms with van der Waals surface area (Å²) < 4.78 is 0. The molecular weight excluding hydrogens is 380 g/mol. The number of unbranched alkanes of at least 4 members (excludes halogenated alkanes) is 1. The van der Waals surface area contributed by atoms with Crippen LogP contribution in [0.3, 0.4) is 0 Å². The van der Waals surface area contributed by atoms with E-state index >= 15 is 0 Å². The molecule has 1 rings (SSSR count). The van der Waals surface area contributed by atoms with Gasteiger partial charge in [0.25, 0.3) is 0 Å². The van der Waals surface area contributed by atoms with Gasteiger partial charge in [0.05, 0.1) is 0 Å². The van der Waals surface area contributed by atoms with Crippen LogP contribution in [-0.2, 0) is 0 Å². The maximum atomic E-state index is 5.21. The van der Waals surface area contributed by atoms with Crippen molar-refractivity contribution < 1.29 is 0 Å². The highest BCUT2D eigenvalue weighted by molar-refractivity contribution is 5.89. The third-order valence-electron chi connectivity index (χ3n) is 5.58. The third-order valence-corrected chi connectivity index (χ3v) is 5.58. The van der Waals surface area contributed by atoms with Gasteiger partial charge in [0, 0.05) is 19.5 Å². The fraction of sp³-hybridized carbons (Fsp3) is 0.630. The second-order valence-corrected chi connectivity index (χ2v) is 8.90. The van der Waals surface area contributed by atoms with Crippen molar-refractivity contribution >= 4 is 12.6 Å². The zero-order chi connectivity index (χ0) is 23.1. The quantitative estimate of drug-likeness (QED) is 0.166. The zero-order valence-electron chi connectivity index (χ0n) is 20.8. The number of nitrogens with one attached hydrogen (secondary N) is 1. The van der Waals surface area contributed by atoms with Crippen molar-refractivity contribution in [3.8, 4) is 0 Å². The molecule has 0 bridgehead atoms. The van der Waals surface area contributed by atoms with Crippen molar-refractivity contribution in [3.63, 3.8) is 0 Å². The number of hydrogen-bond donors (Lipinski definition) is 1. The summed E-state index contributed by atoms with van der Waals surface area (Å²) in [5.74, 6) is 3.03. The lowest BCUT2D eigenvalue weighted by molar-refractivity contribution is 0.290. The highest BCUT2D eigenvalue weighted by Crippen LogP contribution is 2.28. The van der Waals surface area contributed by atoms with Crippen LogP contribution < -0.4 is 5.32 Å². The Morgan fingerprint density at radius 1 is 1.32 bits per heavy atom. The van der Waals surface area contributed by atoms with Gasteiger partial charge in [0.1, 0.15) is 11.7 Å². The molecule has 1 unspecified atom stereocenters. The Kier molecular flexibility index (Phi) is 13.8. The highest BCUT2D eigenvalue weighted by Gasteiger charge is 2.22. The minimum Gasteiger partial charge on any atom is -0.356 e. The van der Waals surface area contributed by atoms with Gasteiger partial charge < -0.3 is 10.2 Å². The number of aliphatic imine (C=N–C) groups is 2. The van der Waals surface area contributed by atoms with E-state index in [2.05, 4.69) is 74.4 Å². The van der Waals surface area contributed by atoms with Gasteiger partial charge in [-0.3, -0.25) is 0 Å². The van der Waals surface area contributed by atoms with E-state index in [4.69, 9.17) is 4.99 Å². The molecule has 0 aromatic carbocycles. The Morgan fingerprint density at radius 2 is 2.10 bits per heavy atom. The van der Waals surface area contributed by atoms with E-state index in [1.807, 2.05) is 13.0 Å². The van der Waals surface area contributed by atoms with E-state index in [-0.39, 0.29) is 0 Å². The van der Waals surface area contributed by atoms with Crippen LogP contribution >= 0.6 is 0 Å². The lowest BCUT2D eigenvalue weighted by Gasteiger charge is -2.30. The Labute approximate surface area is 192 Å². The number of hydrogen-bond acceptors (Lipinski definition) is 3. The molecule has 1 atom stereocenters. The first kappa shape index (κ1) is 27.1. The SMILES string of the molecule is C=CCC=C(/C=C\C)C/C(N=C)=N/C(=C1/CCNCCC1C)N(CCCC)CC(C)C. The molecule has 0 aromatic heterocycles. The first-order chi connectivity index (χ1) is 15.0. The van der Waals surface area contributed by atoms with Gasteiger partial charge in [0.2, 0.25) is 0 Å². The van der Waals surface area contributed by atoms with Crippen molar-refractivity contribution in [2.24, 2.45) is 21.8 Å². The third kappa shape index (κ3) is 10.3. The van der Waals surface area contributed by atoms with E-state index in [0.29, 0.717) is 18.3 Å². The Balaban J connectivity index is 3.47. The van der Waals surface area contributed by atoms with Crippen LogP contribution in [-0.4, -0.2) is 43.6 Å². The van der Waals surface area contributed by atoms with E-state index in [1.165, 1.54) is 24.0 Å². The lowest BCUT2D eigenvalue weighted by Crippen LogP contribution is -2.30. The van der Waals surface area contributed by atoms with Crippen molar-refractivity contribution in [1.29, 1.82) is 0 Å². The van der Waals surface area contributed by atoms with Gasteiger partial charge in [-0.15, -0.1) is 6.58 Å². The van der Waals surface area contributed by atoms with Crippen molar-refractivity contribution in [2.75, 3.05) is 26.2 Å². The van der Waals surface area contributed by atoms with E-state index < -0.39 is 0 Å². The summed E-state index contributed by atoms with van der Waals surface area (Å²) >= 11 is 0. The van der Waals surface area contributed by atoms with Crippen LogP contribution in [0, 0.1) is 11.8 Å².